The summed E-state index contributed by atoms with van der Waals surface area (Å²) >= 11 is 0. The van der Waals surface area contributed by atoms with Crippen LogP contribution in [0.25, 0.3) is 0 Å². The summed E-state index contributed by atoms with van der Waals surface area (Å²) in [6.07, 6.45) is 3.02. The van der Waals surface area contributed by atoms with Gasteiger partial charge in [-0.1, -0.05) is 55.4 Å². The maximum atomic E-state index is 6.26. The lowest BCUT2D eigenvalue weighted by Crippen LogP contribution is -2.49. The highest BCUT2D eigenvalue weighted by Crippen LogP contribution is 2.35. The van der Waals surface area contributed by atoms with Gasteiger partial charge in [-0.05, 0) is 42.9 Å². The monoisotopic (exact) mass is 346 g/mol. The number of hydrogen-bond donors (Lipinski definition) is 0. The summed E-state index contributed by atoms with van der Waals surface area (Å²) in [7, 11) is -2.58. The molecule has 0 aromatic heterocycles. The Morgan fingerprint density at radius 2 is 1.00 bits per heavy atom. The van der Waals surface area contributed by atoms with Crippen LogP contribution in [-0.2, 0) is 13.3 Å². The van der Waals surface area contributed by atoms with Crippen LogP contribution in [0.5, 0.6) is 0 Å². The van der Waals surface area contributed by atoms with E-state index in [1.165, 1.54) is 0 Å². The van der Waals surface area contributed by atoms with E-state index >= 15 is 0 Å². The van der Waals surface area contributed by atoms with Crippen molar-refractivity contribution in [2.45, 2.75) is 80.7 Å². The molecule has 0 aliphatic heterocycles. The van der Waals surface area contributed by atoms with Gasteiger partial charge < -0.3 is 13.3 Å². The maximum Gasteiger partial charge on any atom is 0.501 e. The second kappa shape index (κ2) is 12.5. The van der Waals surface area contributed by atoms with Crippen LogP contribution in [0.15, 0.2) is 0 Å². The van der Waals surface area contributed by atoms with Gasteiger partial charge >= 0.3 is 8.80 Å². The fraction of sp³-hybridized carbons (Fsp3) is 1.00. The molecule has 140 valence electrons. The molecular formula is C19H42O3Si. The second-order valence-corrected chi connectivity index (χ2v) is 10.1. The predicted octanol–water partition coefficient (Wildman–Crippen LogP) is 5.77. The molecule has 1 atom stereocenters. The zero-order valence-electron chi connectivity index (χ0n) is 17.0. The van der Waals surface area contributed by atoms with E-state index < -0.39 is 8.80 Å². The lowest BCUT2D eigenvalue weighted by molar-refractivity contribution is 0.0498. The average Bonchev–Trinajstić information content (AvgIpc) is 2.47. The van der Waals surface area contributed by atoms with Gasteiger partial charge in [-0.25, -0.2) is 0 Å². The van der Waals surface area contributed by atoms with Crippen LogP contribution in [0.2, 0.25) is 6.04 Å². The van der Waals surface area contributed by atoms with Crippen LogP contribution >= 0.6 is 0 Å². The lowest BCUT2D eigenvalue weighted by Gasteiger charge is -2.37. The summed E-state index contributed by atoms with van der Waals surface area (Å²) < 4.78 is 18.8. The molecule has 0 spiro atoms. The Morgan fingerprint density at radius 1 is 0.652 bits per heavy atom. The number of rotatable bonds is 14. The third-order valence-corrected chi connectivity index (χ3v) is 7.42. The fourth-order valence-electron chi connectivity index (χ4n) is 3.69. The molecule has 0 aromatic rings. The van der Waals surface area contributed by atoms with Gasteiger partial charge in [-0.3, -0.25) is 0 Å². The highest BCUT2D eigenvalue weighted by molar-refractivity contribution is 6.60. The standard InChI is InChI=1S/C19H42O3Si/c1-9-12-20-23(21-13-10-2,22-14-11-3)15-18(8)19(16(4)5)17(6)7/h16-19H,9-15H2,1-8H3. The van der Waals surface area contributed by atoms with Crippen molar-refractivity contribution in [2.75, 3.05) is 19.8 Å². The van der Waals surface area contributed by atoms with E-state index in [-0.39, 0.29) is 0 Å². The molecule has 0 aromatic carbocycles. The quantitative estimate of drug-likeness (QED) is 0.374. The van der Waals surface area contributed by atoms with E-state index in [1.807, 2.05) is 0 Å². The molecule has 3 nitrogen and oxygen atoms in total. The molecule has 0 saturated carbocycles. The third kappa shape index (κ3) is 8.66. The third-order valence-electron chi connectivity index (χ3n) is 4.35. The van der Waals surface area contributed by atoms with E-state index in [4.69, 9.17) is 13.3 Å². The van der Waals surface area contributed by atoms with Crippen molar-refractivity contribution in [1.29, 1.82) is 0 Å². The van der Waals surface area contributed by atoms with E-state index in [1.54, 1.807) is 0 Å². The average molecular weight is 347 g/mol. The lowest BCUT2D eigenvalue weighted by atomic mass is 9.77. The summed E-state index contributed by atoms with van der Waals surface area (Å²) in [5, 5.41) is 0. The molecule has 0 rings (SSSR count). The Balaban J connectivity index is 5.18. The molecule has 0 heterocycles. The number of hydrogen-bond acceptors (Lipinski definition) is 3. The topological polar surface area (TPSA) is 27.7 Å². The van der Waals surface area contributed by atoms with Crippen molar-refractivity contribution < 1.29 is 13.3 Å². The minimum Gasteiger partial charge on any atom is -0.373 e. The van der Waals surface area contributed by atoms with Gasteiger partial charge in [-0.15, -0.1) is 0 Å². The van der Waals surface area contributed by atoms with Gasteiger partial charge in [0.25, 0.3) is 0 Å². The Kier molecular flexibility index (Phi) is 12.5. The molecule has 0 aliphatic carbocycles. The molecule has 0 radical (unpaired) electrons. The largest absolute Gasteiger partial charge is 0.501 e. The summed E-state index contributed by atoms with van der Waals surface area (Å²) in [4.78, 5) is 0. The van der Waals surface area contributed by atoms with Crippen LogP contribution in [-0.4, -0.2) is 28.6 Å². The first kappa shape index (κ1) is 23.1. The van der Waals surface area contributed by atoms with Gasteiger partial charge in [0.2, 0.25) is 0 Å². The molecular weight excluding hydrogens is 304 g/mol. The molecule has 0 bridgehead atoms. The van der Waals surface area contributed by atoms with Gasteiger partial charge in [0.05, 0.1) is 0 Å². The van der Waals surface area contributed by atoms with Gasteiger partial charge in [0.15, 0.2) is 0 Å². The highest BCUT2D eigenvalue weighted by Gasteiger charge is 2.44. The molecule has 1 unspecified atom stereocenters. The van der Waals surface area contributed by atoms with Crippen molar-refractivity contribution in [3.8, 4) is 0 Å². The molecule has 0 saturated heterocycles. The molecule has 0 fully saturated rings. The Hall–Kier alpha value is 0.0969. The van der Waals surface area contributed by atoms with Crippen molar-refractivity contribution >= 4 is 8.80 Å². The minimum atomic E-state index is -2.58. The summed E-state index contributed by atoms with van der Waals surface area (Å²) in [6, 6.07) is 0.939. The summed E-state index contributed by atoms with van der Waals surface area (Å²) in [5.74, 6) is 2.55. The first-order chi connectivity index (χ1) is 10.8. The van der Waals surface area contributed by atoms with Crippen LogP contribution in [0.1, 0.15) is 74.7 Å². The van der Waals surface area contributed by atoms with Crippen LogP contribution < -0.4 is 0 Å². The zero-order valence-corrected chi connectivity index (χ0v) is 18.0. The van der Waals surface area contributed by atoms with E-state index in [9.17, 15) is 0 Å². The Morgan fingerprint density at radius 3 is 1.26 bits per heavy atom. The van der Waals surface area contributed by atoms with Crippen molar-refractivity contribution in [2.24, 2.45) is 23.7 Å². The first-order valence-corrected chi connectivity index (χ1v) is 11.7. The van der Waals surface area contributed by atoms with Gasteiger partial charge in [0.1, 0.15) is 0 Å². The van der Waals surface area contributed by atoms with Crippen LogP contribution in [0.3, 0.4) is 0 Å². The Bertz CT molecular complexity index is 252. The fourth-order valence-corrected chi connectivity index (χ4v) is 6.90. The first-order valence-electron chi connectivity index (χ1n) is 9.75. The highest BCUT2D eigenvalue weighted by atomic mass is 28.4. The normalized spacial score (nSPS) is 14.2. The van der Waals surface area contributed by atoms with E-state index in [0.29, 0.717) is 23.7 Å². The van der Waals surface area contributed by atoms with E-state index in [2.05, 4.69) is 55.4 Å². The van der Waals surface area contributed by atoms with Crippen LogP contribution in [0.4, 0.5) is 0 Å². The van der Waals surface area contributed by atoms with Crippen molar-refractivity contribution in [3.63, 3.8) is 0 Å². The molecule has 0 N–H and O–H groups in total. The van der Waals surface area contributed by atoms with Crippen molar-refractivity contribution in [1.82, 2.24) is 0 Å². The predicted molar refractivity (Wildman–Crippen MR) is 102 cm³/mol. The Labute approximate surface area is 146 Å². The summed E-state index contributed by atoms with van der Waals surface area (Å²) in [5.41, 5.74) is 0. The summed E-state index contributed by atoms with van der Waals surface area (Å²) in [6.45, 7) is 20.3. The molecule has 0 amide bonds. The van der Waals surface area contributed by atoms with Gasteiger partial charge in [0, 0.05) is 25.9 Å². The van der Waals surface area contributed by atoms with E-state index in [0.717, 1.165) is 45.1 Å². The SMILES string of the molecule is CCCO[Si](CC(C)C(C(C)C)C(C)C)(OCCC)OCCC. The molecule has 4 heteroatoms. The smallest absolute Gasteiger partial charge is 0.373 e. The maximum absolute atomic E-state index is 6.26. The minimum absolute atomic E-state index is 0.548. The molecule has 0 aliphatic rings. The zero-order chi connectivity index (χ0) is 17.9. The molecule has 23 heavy (non-hydrogen) atoms. The second-order valence-electron chi connectivity index (χ2n) is 7.48. The van der Waals surface area contributed by atoms with Gasteiger partial charge in [-0.2, -0.15) is 0 Å². The van der Waals surface area contributed by atoms with Crippen molar-refractivity contribution in [3.05, 3.63) is 0 Å². The van der Waals surface area contributed by atoms with Crippen LogP contribution in [0, 0.1) is 23.7 Å².